The van der Waals surface area contributed by atoms with Gasteiger partial charge in [0.2, 0.25) is 0 Å². The molecule has 5 N–H and O–H groups in total. The van der Waals surface area contributed by atoms with Gasteiger partial charge in [0.05, 0.1) is 23.5 Å². The van der Waals surface area contributed by atoms with Crippen molar-refractivity contribution in [1.82, 2.24) is 0 Å². The summed E-state index contributed by atoms with van der Waals surface area (Å²) in [6.07, 6.45) is 0. The van der Waals surface area contributed by atoms with E-state index in [1.54, 1.807) is 33.8 Å². The van der Waals surface area contributed by atoms with Crippen molar-refractivity contribution in [2.75, 3.05) is 17.3 Å². The van der Waals surface area contributed by atoms with Crippen LogP contribution < -0.4 is 16.6 Å². The van der Waals surface area contributed by atoms with E-state index in [0.717, 1.165) is 0 Å². The summed E-state index contributed by atoms with van der Waals surface area (Å²) in [5.74, 6) is 5.51. The molecule has 1 rings (SSSR count). The smallest absolute Gasteiger partial charge is 0.131 e. The predicted molar refractivity (Wildman–Crippen MR) is 68.1 cm³/mol. The van der Waals surface area contributed by atoms with Crippen LogP contribution >= 0.6 is 0 Å². The minimum atomic E-state index is -0.977. The Bertz CT molecular complexity index is 427. The van der Waals surface area contributed by atoms with Gasteiger partial charge in [0.1, 0.15) is 5.82 Å². The zero-order chi connectivity index (χ0) is 13.4. The summed E-state index contributed by atoms with van der Waals surface area (Å²) in [5, 5.41) is 11.0. The lowest BCUT2D eigenvalue weighted by molar-refractivity contribution is 0.0874. The number of aryl methyl sites for hydroxylation is 1. The van der Waals surface area contributed by atoms with Gasteiger partial charge in [0.15, 0.2) is 0 Å². The average Bonchev–Trinajstić information content (AvgIpc) is 2.11. The van der Waals surface area contributed by atoms with Gasteiger partial charge in [-0.05, 0) is 39.3 Å². The maximum atomic E-state index is 13.8. The Balaban J connectivity index is 3.18. The monoisotopic (exact) mass is 241 g/mol. The number of aliphatic hydroxyl groups is 1. The number of hydrogen-bond donors (Lipinski definition) is 3. The van der Waals surface area contributed by atoms with E-state index in [1.165, 1.54) is 5.01 Å². The van der Waals surface area contributed by atoms with Crippen LogP contribution in [0.2, 0.25) is 0 Å². The number of nitrogens with two attached hydrogens (primary N) is 2. The number of anilines is 2. The lowest BCUT2D eigenvalue weighted by Gasteiger charge is -2.29. The molecule has 0 bridgehead atoms. The molecule has 0 unspecified atom stereocenters. The highest BCUT2D eigenvalue weighted by atomic mass is 19.1. The van der Waals surface area contributed by atoms with E-state index in [1.807, 2.05) is 0 Å². The first-order valence-corrected chi connectivity index (χ1v) is 5.43. The molecule has 0 saturated heterocycles. The Morgan fingerprint density at radius 1 is 1.41 bits per heavy atom. The zero-order valence-electron chi connectivity index (χ0n) is 10.7. The molecule has 0 fully saturated rings. The van der Waals surface area contributed by atoms with Gasteiger partial charge < -0.3 is 15.8 Å². The van der Waals surface area contributed by atoms with Crippen molar-refractivity contribution in [3.05, 3.63) is 23.0 Å². The number of benzene rings is 1. The second-order valence-electron chi connectivity index (χ2n) is 5.01. The largest absolute Gasteiger partial charge is 0.397 e. The summed E-state index contributed by atoms with van der Waals surface area (Å²) in [4.78, 5) is 0. The summed E-state index contributed by atoms with van der Waals surface area (Å²) >= 11 is 0. The third-order valence-corrected chi connectivity index (χ3v) is 2.52. The van der Waals surface area contributed by atoms with Crippen molar-refractivity contribution < 1.29 is 9.50 Å². The zero-order valence-corrected chi connectivity index (χ0v) is 10.7. The lowest BCUT2D eigenvalue weighted by Crippen LogP contribution is -2.43. The van der Waals surface area contributed by atoms with E-state index in [4.69, 9.17) is 11.6 Å². The Kier molecular flexibility index (Phi) is 3.64. The highest BCUT2D eigenvalue weighted by Crippen LogP contribution is 2.30. The highest BCUT2D eigenvalue weighted by Gasteiger charge is 2.21. The Hall–Kier alpha value is -1.33. The highest BCUT2D eigenvalue weighted by molar-refractivity contribution is 5.72. The molecule has 1 aromatic carbocycles. The van der Waals surface area contributed by atoms with Gasteiger partial charge in [0, 0.05) is 5.56 Å². The molecule has 4 nitrogen and oxygen atoms in total. The predicted octanol–water partition coefficient (Wildman–Crippen LogP) is 1.48. The minimum Gasteiger partial charge on any atom is -0.397 e. The van der Waals surface area contributed by atoms with Crippen molar-refractivity contribution in [3.8, 4) is 0 Å². The molecule has 0 aliphatic carbocycles. The quantitative estimate of drug-likeness (QED) is 0.425. The van der Waals surface area contributed by atoms with Crippen molar-refractivity contribution in [2.24, 2.45) is 5.84 Å². The van der Waals surface area contributed by atoms with Crippen LogP contribution in [0, 0.1) is 19.7 Å². The van der Waals surface area contributed by atoms with Crippen LogP contribution in [0.25, 0.3) is 0 Å². The molecule has 0 atom stereocenters. The first-order chi connectivity index (χ1) is 7.63. The molecule has 0 aliphatic heterocycles. The number of hydrogen-bond acceptors (Lipinski definition) is 4. The molecule has 0 radical (unpaired) electrons. The maximum Gasteiger partial charge on any atom is 0.131 e. The molecule has 17 heavy (non-hydrogen) atoms. The van der Waals surface area contributed by atoms with Crippen LogP contribution in [0.1, 0.15) is 25.0 Å². The van der Waals surface area contributed by atoms with E-state index in [-0.39, 0.29) is 12.4 Å². The van der Waals surface area contributed by atoms with Gasteiger partial charge in [-0.1, -0.05) is 0 Å². The third-order valence-electron chi connectivity index (χ3n) is 2.52. The van der Waals surface area contributed by atoms with Crippen molar-refractivity contribution in [3.63, 3.8) is 0 Å². The molecule has 1 aromatic rings. The van der Waals surface area contributed by atoms with Gasteiger partial charge in [0.25, 0.3) is 0 Å². The number of nitrogen functional groups attached to an aromatic ring is 1. The first kappa shape index (κ1) is 13.7. The summed E-state index contributed by atoms with van der Waals surface area (Å²) in [5.41, 5.74) is 6.58. The minimum absolute atomic E-state index is 0.167. The van der Waals surface area contributed by atoms with E-state index >= 15 is 0 Å². The topological polar surface area (TPSA) is 75.5 Å². The summed E-state index contributed by atoms with van der Waals surface area (Å²) in [7, 11) is 0. The van der Waals surface area contributed by atoms with Crippen LogP contribution in [-0.2, 0) is 0 Å². The van der Waals surface area contributed by atoms with Crippen LogP contribution in [0.3, 0.4) is 0 Å². The normalized spacial score (nSPS) is 11.7. The standard InChI is InChI=1S/C12H20FN3O/c1-7-5-9(14)11(8(2)10(7)13)16(15)6-12(3,4)17/h5,17H,6,14-15H2,1-4H3. The summed E-state index contributed by atoms with van der Waals surface area (Å²) in [6.45, 7) is 6.70. The van der Waals surface area contributed by atoms with Gasteiger partial charge in [-0.2, -0.15) is 0 Å². The Morgan fingerprint density at radius 3 is 2.41 bits per heavy atom. The second kappa shape index (κ2) is 4.50. The molecule has 0 saturated carbocycles. The molecular formula is C12H20FN3O. The van der Waals surface area contributed by atoms with Crippen molar-refractivity contribution in [1.29, 1.82) is 0 Å². The van der Waals surface area contributed by atoms with Gasteiger partial charge >= 0.3 is 0 Å². The van der Waals surface area contributed by atoms with Gasteiger partial charge in [-0.15, -0.1) is 0 Å². The molecular weight excluding hydrogens is 221 g/mol. The van der Waals surface area contributed by atoms with Crippen LogP contribution in [0.4, 0.5) is 15.8 Å². The first-order valence-electron chi connectivity index (χ1n) is 5.43. The molecule has 0 aliphatic rings. The van der Waals surface area contributed by atoms with Gasteiger partial charge in [-0.3, -0.25) is 0 Å². The molecule has 5 heteroatoms. The van der Waals surface area contributed by atoms with E-state index in [0.29, 0.717) is 22.5 Å². The second-order valence-corrected chi connectivity index (χ2v) is 5.01. The van der Waals surface area contributed by atoms with Crippen LogP contribution in [0.5, 0.6) is 0 Å². The fraction of sp³-hybridized carbons (Fsp3) is 0.500. The fourth-order valence-corrected chi connectivity index (χ4v) is 1.86. The van der Waals surface area contributed by atoms with Gasteiger partial charge in [-0.25, -0.2) is 10.2 Å². The summed E-state index contributed by atoms with van der Waals surface area (Å²) < 4.78 is 13.8. The molecule has 0 spiro atoms. The fourth-order valence-electron chi connectivity index (χ4n) is 1.86. The number of hydrazine groups is 1. The number of rotatable bonds is 3. The van der Waals surface area contributed by atoms with Crippen LogP contribution in [0.15, 0.2) is 6.07 Å². The molecule has 0 amide bonds. The van der Waals surface area contributed by atoms with E-state index in [2.05, 4.69) is 0 Å². The average molecular weight is 241 g/mol. The molecule has 0 heterocycles. The summed E-state index contributed by atoms with van der Waals surface area (Å²) in [6, 6.07) is 1.54. The van der Waals surface area contributed by atoms with Crippen molar-refractivity contribution >= 4 is 11.4 Å². The third kappa shape index (κ3) is 3.08. The molecule has 0 aromatic heterocycles. The number of nitrogens with zero attached hydrogens (tertiary/aromatic N) is 1. The SMILES string of the molecule is Cc1cc(N)c(N(N)CC(C)(C)O)c(C)c1F. The van der Waals surface area contributed by atoms with Crippen LogP contribution in [-0.4, -0.2) is 17.3 Å². The van der Waals surface area contributed by atoms with Crippen molar-refractivity contribution in [2.45, 2.75) is 33.3 Å². The Morgan fingerprint density at radius 2 is 1.94 bits per heavy atom. The van der Waals surface area contributed by atoms with E-state index in [9.17, 15) is 9.50 Å². The number of halogens is 1. The lowest BCUT2D eigenvalue weighted by atomic mass is 10.1. The Labute approximate surface area is 101 Å². The van der Waals surface area contributed by atoms with E-state index < -0.39 is 5.60 Å². The maximum absolute atomic E-state index is 13.8. The molecule has 96 valence electrons.